The Labute approximate surface area is 112 Å². The SMILES string of the molecule is NC(c1cc(F)c2c(c1)CC(=O)N2)C1CCCCC1. The predicted molar refractivity (Wildman–Crippen MR) is 72.2 cm³/mol. The van der Waals surface area contributed by atoms with Crippen LogP contribution in [0.2, 0.25) is 0 Å². The lowest BCUT2D eigenvalue weighted by atomic mass is 9.81. The van der Waals surface area contributed by atoms with Gasteiger partial charge in [-0.3, -0.25) is 4.79 Å². The van der Waals surface area contributed by atoms with Gasteiger partial charge in [0.15, 0.2) is 0 Å². The summed E-state index contributed by atoms with van der Waals surface area (Å²) in [6.45, 7) is 0. The highest BCUT2D eigenvalue weighted by atomic mass is 19.1. The van der Waals surface area contributed by atoms with Crippen LogP contribution in [0.15, 0.2) is 12.1 Å². The van der Waals surface area contributed by atoms with E-state index in [1.165, 1.54) is 25.3 Å². The summed E-state index contributed by atoms with van der Waals surface area (Å²) in [6, 6.07) is 3.27. The predicted octanol–water partition coefficient (Wildman–Crippen LogP) is 2.90. The summed E-state index contributed by atoms with van der Waals surface area (Å²) in [5.41, 5.74) is 8.21. The molecule has 3 N–H and O–H groups in total. The van der Waals surface area contributed by atoms with Crippen molar-refractivity contribution in [3.05, 3.63) is 29.1 Å². The standard InChI is InChI=1S/C15H19FN2O/c16-12-7-10(6-11-8-13(19)18-15(11)12)14(17)9-4-2-1-3-5-9/h6-7,9,14H,1-5,8,17H2,(H,18,19). The summed E-state index contributed by atoms with van der Waals surface area (Å²) in [6.07, 6.45) is 6.21. The minimum atomic E-state index is -0.357. The molecule has 1 unspecified atom stereocenters. The fraction of sp³-hybridized carbons (Fsp3) is 0.533. The second-order valence-corrected chi connectivity index (χ2v) is 5.69. The Hall–Kier alpha value is -1.42. The maximum atomic E-state index is 14.0. The van der Waals surface area contributed by atoms with Crippen LogP contribution in [0, 0.1) is 11.7 Å². The third-order valence-electron chi connectivity index (χ3n) is 4.35. The lowest BCUT2D eigenvalue weighted by Gasteiger charge is -2.28. The Bertz CT molecular complexity index is 509. The van der Waals surface area contributed by atoms with Crippen molar-refractivity contribution in [1.29, 1.82) is 0 Å². The van der Waals surface area contributed by atoms with Gasteiger partial charge < -0.3 is 11.1 Å². The van der Waals surface area contributed by atoms with Crippen molar-refractivity contribution in [2.24, 2.45) is 11.7 Å². The average molecular weight is 262 g/mol. The molecule has 0 bridgehead atoms. The molecule has 19 heavy (non-hydrogen) atoms. The van der Waals surface area contributed by atoms with Gasteiger partial charge in [-0.15, -0.1) is 0 Å². The number of nitrogens with one attached hydrogen (secondary N) is 1. The zero-order chi connectivity index (χ0) is 13.4. The average Bonchev–Trinajstić information content (AvgIpc) is 2.80. The number of carbonyl (C=O) groups is 1. The molecule has 1 aliphatic heterocycles. The summed E-state index contributed by atoms with van der Waals surface area (Å²) in [5, 5.41) is 2.56. The molecule has 4 heteroatoms. The number of anilines is 1. The van der Waals surface area contributed by atoms with Crippen LogP contribution in [0.3, 0.4) is 0 Å². The molecule has 0 saturated heterocycles. The number of hydrogen-bond donors (Lipinski definition) is 2. The number of carbonyl (C=O) groups excluding carboxylic acids is 1. The Kier molecular flexibility index (Phi) is 3.27. The second kappa shape index (κ2) is 4.93. The fourth-order valence-corrected chi connectivity index (χ4v) is 3.28. The lowest BCUT2D eigenvalue weighted by Crippen LogP contribution is -2.23. The first-order chi connectivity index (χ1) is 9.15. The van der Waals surface area contributed by atoms with Crippen molar-refractivity contribution in [2.45, 2.75) is 44.6 Å². The van der Waals surface area contributed by atoms with Gasteiger partial charge in [0.2, 0.25) is 5.91 Å². The van der Waals surface area contributed by atoms with Gasteiger partial charge in [0.25, 0.3) is 0 Å². The normalized spacial score (nSPS) is 21.1. The van der Waals surface area contributed by atoms with Gasteiger partial charge in [-0.2, -0.15) is 0 Å². The van der Waals surface area contributed by atoms with Crippen LogP contribution in [0.4, 0.5) is 10.1 Å². The van der Waals surface area contributed by atoms with E-state index >= 15 is 0 Å². The van der Waals surface area contributed by atoms with Crippen molar-refractivity contribution in [3.63, 3.8) is 0 Å². The minimum absolute atomic E-state index is 0.115. The highest BCUT2D eigenvalue weighted by molar-refractivity contribution is 5.99. The lowest BCUT2D eigenvalue weighted by molar-refractivity contribution is -0.115. The number of halogens is 1. The summed E-state index contributed by atoms with van der Waals surface area (Å²) in [4.78, 5) is 11.3. The molecule has 3 rings (SSSR count). The van der Waals surface area contributed by atoms with Crippen molar-refractivity contribution in [3.8, 4) is 0 Å². The molecular weight excluding hydrogens is 243 g/mol. The van der Waals surface area contributed by atoms with E-state index in [0.717, 1.165) is 24.0 Å². The van der Waals surface area contributed by atoms with E-state index in [-0.39, 0.29) is 24.2 Å². The topological polar surface area (TPSA) is 55.1 Å². The van der Waals surface area contributed by atoms with Crippen molar-refractivity contribution in [1.82, 2.24) is 0 Å². The van der Waals surface area contributed by atoms with Crippen LogP contribution in [-0.4, -0.2) is 5.91 Å². The molecule has 1 saturated carbocycles. The molecule has 1 aromatic rings. The molecule has 1 aromatic carbocycles. The van der Waals surface area contributed by atoms with Crippen LogP contribution < -0.4 is 11.1 Å². The molecule has 1 fully saturated rings. The van der Waals surface area contributed by atoms with Crippen molar-refractivity contribution >= 4 is 11.6 Å². The van der Waals surface area contributed by atoms with Crippen molar-refractivity contribution in [2.75, 3.05) is 5.32 Å². The molecular formula is C15H19FN2O. The largest absolute Gasteiger partial charge is 0.324 e. The smallest absolute Gasteiger partial charge is 0.228 e. The van der Waals surface area contributed by atoms with Gasteiger partial charge in [0, 0.05) is 6.04 Å². The Balaban J connectivity index is 1.87. The van der Waals surface area contributed by atoms with Gasteiger partial charge in [-0.25, -0.2) is 4.39 Å². The molecule has 3 nitrogen and oxygen atoms in total. The van der Waals surface area contributed by atoms with Crippen molar-refractivity contribution < 1.29 is 9.18 Å². The maximum absolute atomic E-state index is 14.0. The van der Waals surface area contributed by atoms with Gasteiger partial charge in [0.05, 0.1) is 12.1 Å². The quantitative estimate of drug-likeness (QED) is 0.861. The fourth-order valence-electron chi connectivity index (χ4n) is 3.28. The van der Waals surface area contributed by atoms with Crippen LogP contribution >= 0.6 is 0 Å². The van der Waals surface area contributed by atoms with Crippen LogP contribution in [0.25, 0.3) is 0 Å². The van der Waals surface area contributed by atoms with Crippen LogP contribution in [0.1, 0.15) is 49.3 Å². The maximum Gasteiger partial charge on any atom is 0.228 e. The highest BCUT2D eigenvalue weighted by Gasteiger charge is 2.26. The van der Waals surface area contributed by atoms with Gasteiger partial charge in [-0.05, 0) is 36.0 Å². The Morgan fingerprint density at radius 3 is 2.74 bits per heavy atom. The number of nitrogens with two attached hydrogens (primary N) is 1. The van der Waals surface area contributed by atoms with Gasteiger partial charge in [0.1, 0.15) is 5.82 Å². The van der Waals surface area contributed by atoms with E-state index < -0.39 is 0 Å². The molecule has 102 valence electrons. The van der Waals surface area contributed by atoms with E-state index in [2.05, 4.69) is 5.32 Å². The van der Waals surface area contributed by atoms with E-state index in [1.807, 2.05) is 6.07 Å². The molecule has 1 atom stereocenters. The van der Waals surface area contributed by atoms with E-state index in [0.29, 0.717) is 11.6 Å². The first-order valence-corrected chi connectivity index (χ1v) is 7.03. The summed E-state index contributed by atoms with van der Waals surface area (Å²) in [5.74, 6) is -0.0573. The second-order valence-electron chi connectivity index (χ2n) is 5.69. The molecule has 2 aliphatic rings. The molecule has 0 spiro atoms. The Morgan fingerprint density at radius 1 is 1.26 bits per heavy atom. The summed E-state index contributed by atoms with van der Waals surface area (Å²) in [7, 11) is 0. The number of rotatable bonds is 2. The van der Waals surface area contributed by atoms with Gasteiger partial charge >= 0.3 is 0 Å². The van der Waals surface area contributed by atoms with Crippen LogP contribution in [0.5, 0.6) is 0 Å². The number of fused-ring (bicyclic) bond motifs is 1. The summed E-state index contributed by atoms with van der Waals surface area (Å²) >= 11 is 0. The summed E-state index contributed by atoms with van der Waals surface area (Å²) < 4.78 is 14.0. The zero-order valence-electron chi connectivity index (χ0n) is 10.9. The first-order valence-electron chi connectivity index (χ1n) is 7.03. The van der Waals surface area contributed by atoms with E-state index in [1.54, 1.807) is 0 Å². The van der Waals surface area contributed by atoms with E-state index in [4.69, 9.17) is 5.73 Å². The van der Waals surface area contributed by atoms with E-state index in [9.17, 15) is 9.18 Å². The zero-order valence-corrected chi connectivity index (χ0v) is 10.9. The molecule has 0 radical (unpaired) electrons. The van der Waals surface area contributed by atoms with Crippen LogP contribution in [-0.2, 0) is 11.2 Å². The minimum Gasteiger partial charge on any atom is -0.324 e. The number of hydrogen-bond acceptors (Lipinski definition) is 2. The van der Waals surface area contributed by atoms with Gasteiger partial charge in [-0.1, -0.05) is 25.3 Å². The third kappa shape index (κ3) is 2.37. The highest BCUT2D eigenvalue weighted by Crippen LogP contribution is 2.36. The third-order valence-corrected chi connectivity index (χ3v) is 4.35. The Morgan fingerprint density at radius 2 is 2.00 bits per heavy atom. The molecule has 0 aromatic heterocycles. The monoisotopic (exact) mass is 262 g/mol. The molecule has 1 heterocycles. The molecule has 1 aliphatic carbocycles. The number of benzene rings is 1. The molecule has 1 amide bonds. The first kappa shape index (κ1) is 12.6. The number of amides is 1.